The highest BCUT2D eigenvalue weighted by atomic mass is 16.5. The van der Waals surface area contributed by atoms with Crippen molar-refractivity contribution in [2.24, 2.45) is 0 Å². The number of hydrogen-bond donors (Lipinski definition) is 0. The molecule has 3 aromatic rings. The summed E-state index contributed by atoms with van der Waals surface area (Å²) in [5.74, 6) is -0.981. The molecule has 7 heteroatoms. The van der Waals surface area contributed by atoms with E-state index in [1.807, 2.05) is 36.5 Å². The molecule has 2 heterocycles. The Hall–Kier alpha value is -3.74. The maximum atomic E-state index is 12.3. The molecule has 0 atom stereocenters. The summed E-state index contributed by atoms with van der Waals surface area (Å²) in [6, 6.07) is 16.1. The van der Waals surface area contributed by atoms with Crippen LogP contribution in [0.25, 0.3) is 5.69 Å². The molecule has 2 aromatic carbocycles. The Labute approximate surface area is 167 Å². The molecule has 146 valence electrons. The number of fused-ring (bicyclic) bond motifs is 1. The summed E-state index contributed by atoms with van der Waals surface area (Å²) in [5.41, 5.74) is 2.62. The van der Waals surface area contributed by atoms with Crippen molar-refractivity contribution < 1.29 is 19.1 Å². The van der Waals surface area contributed by atoms with Gasteiger partial charge in [0.15, 0.2) is 0 Å². The highest BCUT2D eigenvalue weighted by Crippen LogP contribution is 2.22. The third-order valence-corrected chi connectivity index (χ3v) is 4.75. The average molecular weight is 389 g/mol. The molecule has 0 radical (unpaired) electrons. The SMILES string of the molecule is O=C(CCCN1C(=O)c2ccccc2C1=O)OCc1ccc(-n2cccn2)cc1. The van der Waals surface area contributed by atoms with Crippen LogP contribution in [-0.4, -0.2) is 39.0 Å². The molecule has 0 aliphatic carbocycles. The molecule has 0 fully saturated rings. The predicted molar refractivity (Wildman–Crippen MR) is 104 cm³/mol. The van der Waals surface area contributed by atoms with Crippen molar-refractivity contribution >= 4 is 17.8 Å². The number of ether oxygens (including phenoxy) is 1. The van der Waals surface area contributed by atoms with E-state index in [0.717, 1.165) is 11.3 Å². The van der Waals surface area contributed by atoms with Crippen molar-refractivity contribution in [2.75, 3.05) is 6.54 Å². The molecule has 0 saturated carbocycles. The van der Waals surface area contributed by atoms with Gasteiger partial charge in [-0.25, -0.2) is 4.68 Å². The second-order valence-electron chi connectivity index (χ2n) is 6.69. The first-order chi connectivity index (χ1) is 14.1. The molecule has 29 heavy (non-hydrogen) atoms. The molecule has 0 spiro atoms. The molecule has 0 bridgehead atoms. The zero-order valence-corrected chi connectivity index (χ0v) is 15.7. The van der Waals surface area contributed by atoms with Gasteiger partial charge >= 0.3 is 5.97 Å². The summed E-state index contributed by atoms with van der Waals surface area (Å²) in [4.78, 5) is 37.8. The van der Waals surface area contributed by atoms with Crippen LogP contribution in [0.4, 0.5) is 0 Å². The Morgan fingerprint density at radius 3 is 2.24 bits per heavy atom. The number of rotatable bonds is 7. The van der Waals surface area contributed by atoms with Gasteiger partial charge in [-0.3, -0.25) is 19.3 Å². The van der Waals surface area contributed by atoms with Crippen LogP contribution in [0.5, 0.6) is 0 Å². The first kappa shape index (κ1) is 18.6. The Bertz CT molecular complexity index is 1010. The number of aromatic nitrogens is 2. The van der Waals surface area contributed by atoms with E-state index in [0.29, 0.717) is 17.5 Å². The topological polar surface area (TPSA) is 81.5 Å². The van der Waals surface area contributed by atoms with Gasteiger partial charge in [-0.1, -0.05) is 24.3 Å². The summed E-state index contributed by atoms with van der Waals surface area (Å²) >= 11 is 0. The number of amides is 2. The lowest BCUT2D eigenvalue weighted by molar-refractivity contribution is -0.145. The molecule has 1 aliphatic heterocycles. The quantitative estimate of drug-likeness (QED) is 0.458. The highest BCUT2D eigenvalue weighted by Gasteiger charge is 2.34. The number of benzene rings is 2. The van der Waals surface area contributed by atoms with Crippen LogP contribution in [0.2, 0.25) is 0 Å². The molecule has 0 unspecified atom stereocenters. The first-order valence-corrected chi connectivity index (χ1v) is 9.33. The Balaban J connectivity index is 1.23. The molecule has 1 aliphatic rings. The van der Waals surface area contributed by atoms with Crippen molar-refractivity contribution in [3.8, 4) is 5.69 Å². The zero-order valence-electron chi connectivity index (χ0n) is 15.7. The lowest BCUT2D eigenvalue weighted by Crippen LogP contribution is -2.31. The second-order valence-corrected chi connectivity index (χ2v) is 6.69. The van der Waals surface area contributed by atoms with Crippen LogP contribution in [0, 0.1) is 0 Å². The van der Waals surface area contributed by atoms with Gasteiger partial charge in [0.25, 0.3) is 11.8 Å². The van der Waals surface area contributed by atoms with Gasteiger partial charge in [0.2, 0.25) is 0 Å². The Morgan fingerprint density at radius 1 is 0.931 bits per heavy atom. The summed E-state index contributed by atoms with van der Waals surface area (Å²) in [6.07, 6.45) is 4.06. The fourth-order valence-corrected chi connectivity index (χ4v) is 3.23. The molecule has 4 rings (SSSR count). The Kier molecular flexibility index (Phi) is 5.20. The van der Waals surface area contributed by atoms with Crippen LogP contribution in [0.15, 0.2) is 67.0 Å². The van der Waals surface area contributed by atoms with Crippen LogP contribution in [0.3, 0.4) is 0 Å². The molecule has 0 N–H and O–H groups in total. The third kappa shape index (κ3) is 3.94. The highest BCUT2D eigenvalue weighted by molar-refractivity contribution is 6.21. The molecule has 2 amide bonds. The second kappa shape index (κ2) is 8.10. The van der Waals surface area contributed by atoms with E-state index < -0.39 is 0 Å². The third-order valence-electron chi connectivity index (χ3n) is 4.75. The van der Waals surface area contributed by atoms with E-state index in [4.69, 9.17) is 4.74 Å². The predicted octanol–water partition coefficient (Wildman–Crippen LogP) is 2.99. The van der Waals surface area contributed by atoms with Gasteiger partial charge in [0.05, 0.1) is 16.8 Å². The minimum Gasteiger partial charge on any atom is -0.461 e. The normalized spacial score (nSPS) is 12.9. The van der Waals surface area contributed by atoms with Crippen molar-refractivity contribution in [2.45, 2.75) is 19.4 Å². The number of imide groups is 1. The minimum atomic E-state index is -0.363. The van der Waals surface area contributed by atoms with Crippen LogP contribution in [-0.2, 0) is 16.1 Å². The lowest BCUT2D eigenvalue weighted by atomic mass is 10.1. The summed E-state index contributed by atoms with van der Waals surface area (Å²) in [6.45, 7) is 0.366. The molecular weight excluding hydrogens is 370 g/mol. The first-order valence-electron chi connectivity index (χ1n) is 9.33. The van der Waals surface area contributed by atoms with Gasteiger partial charge in [0, 0.05) is 25.4 Å². The van der Waals surface area contributed by atoms with Crippen molar-refractivity contribution in [3.63, 3.8) is 0 Å². The monoisotopic (exact) mass is 389 g/mol. The average Bonchev–Trinajstić information content (AvgIpc) is 3.36. The van der Waals surface area contributed by atoms with Crippen LogP contribution in [0.1, 0.15) is 39.1 Å². The largest absolute Gasteiger partial charge is 0.461 e. The Morgan fingerprint density at radius 2 is 1.62 bits per heavy atom. The minimum absolute atomic E-state index is 0.138. The van der Waals surface area contributed by atoms with E-state index in [1.165, 1.54) is 4.90 Å². The van der Waals surface area contributed by atoms with Gasteiger partial charge < -0.3 is 4.74 Å². The summed E-state index contributed by atoms with van der Waals surface area (Å²) in [7, 11) is 0. The van der Waals surface area contributed by atoms with E-state index >= 15 is 0 Å². The van der Waals surface area contributed by atoms with Gasteiger partial charge in [-0.15, -0.1) is 0 Å². The van der Waals surface area contributed by atoms with Gasteiger partial charge in [-0.05, 0) is 42.3 Å². The maximum absolute atomic E-state index is 12.3. The van der Waals surface area contributed by atoms with Crippen LogP contribution < -0.4 is 0 Å². The van der Waals surface area contributed by atoms with E-state index in [-0.39, 0.29) is 37.4 Å². The van der Waals surface area contributed by atoms with Crippen molar-refractivity contribution in [1.82, 2.24) is 14.7 Å². The number of carbonyl (C=O) groups excluding carboxylic acids is 3. The van der Waals surface area contributed by atoms with E-state index in [9.17, 15) is 14.4 Å². The molecule has 7 nitrogen and oxygen atoms in total. The van der Waals surface area contributed by atoms with Crippen molar-refractivity contribution in [3.05, 3.63) is 83.7 Å². The number of esters is 1. The molecule has 1 aromatic heterocycles. The standard InChI is InChI=1S/C22H19N3O4/c26-20(29-15-16-8-10-17(11-9-16)25-14-4-12-23-25)7-3-13-24-21(27)18-5-1-2-6-19(18)22(24)28/h1-2,4-6,8-12,14H,3,7,13,15H2. The van der Waals surface area contributed by atoms with Gasteiger partial charge in [-0.2, -0.15) is 5.10 Å². The number of carbonyl (C=O) groups is 3. The lowest BCUT2D eigenvalue weighted by Gasteiger charge is -2.13. The number of nitrogens with zero attached hydrogens (tertiary/aromatic N) is 3. The van der Waals surface area contributed by atoms with E-state index in [2.05, 4.69) is 5.10 Å². The van der Waals surface area contributed by atoms with E-state index in [1.54, 1.807) is 35.1 Å². The maximum Gasteiger partial charge on any atom is 0.306 e. The molecule has 0 saturated heterocycles. The number of hydrogen-bond acceptors (Lipinski definition) is 5. The summed E-state index contributed by atoms with van der Waals surface area (Å²) < 4.78 is 7.03. The van der Waals surface area contributed by atoms with Crippen LogP contribution >= 0.6 is 0 Å². The molecular formula is C22H19N3O4. The van der Waals surface area contributed by atoms with Gasteiger partial charge in [0.1, 0.15) is 6.61 Å². The fourth-order valence-electron chi connectivity index (χ4n) is 3.23. The van der Waals surface area contributed by atoms with Crippen molar-refractivity contribution in [1.29, 1.82) is 0 Å². The smallest absolute Gasteiger partial charge is 0.306 e. The fraction of sp³-hybridized carbons (Fsp3) is 0.182. The summed E-state index contributed by atoms with van der Waals surface area (Å²) in [5, 5.41) is 4.16. The zero-order chi connectivity index (χ0) is 20.2.